The van der Waals surface area contributed by atoms with Crippen LogP contribution in [-0.2, 0) is 4.79 Å². The van der Waals surface area contributed by atoms with E-state index in [0.29, 0.717) is 18.1 Å². The van der Waals surface area contributed by atoms with Crippen molar-refractivity contribution in [3.8, 4) is 5.88 Å². The van der Waals surface area contributed by atoms with Crippen molar-refractivity contribution in [2.45, 2.75) is 12.8 Å². The number of hydrogen-bond donors (Lipinski definition) is 1. The highest BCUT2D eigenvalue weighted by Gasteiger charge is 2.26. The van der Waals surface area contributed by atoms with Gasteiger partial charge in [-0.05, 0) is 18.9 Å². The maximum absolute atomic E-state index is 12.5. The van der Waals surface area contributed by atoms with Crippen LogP contribution in [-0.4, -0.2) is 41.1 Å². The molecule has 2 aromatic heterocycles. The molecule has 1 amide bonds. The number of amides is 1. The first-order valence-corrected chi connectivity index (χ1v) is 7.58. The normalized spacial score (nSPS) is 17.6. The van der Waals surface area contributed by atoms with Gasteiger partial charge in [0.1, 0.15) is 5.82 Å². The number of piperidine rings is 1. The number of methoxy groups -OCH3 is 1. The number of hydrogen-bond acceptors (Lipinski definition) is 6. The summed E-state index contributed by atoms with van der Waals surface area (Å²) in [6, 6.07) is 3.51. The van der Waals surface area contributed by atoms with Crippen LogP contribution in [0.5, 0.6) is 5.88 Å². The first-order chi connectivity index (χ1) is 11.3. The number of rotatable bonds is 4. The van der Waals surface area contributed by atoms with Crippen molar-refractivity contribution in [3.63, 3.8) is 0 Å². The van der Waals surface area contributed by atoms with Crippen LogP contribution < -0.4 is 15.0 Å². The van der Waals surface area contributed by atoms with Crippen LogP contribution in [0, 0.1) is 5.92 Å². The molecule has 1 fully saturated rings. The van der Waals surface area contributed by atoms with E-state index in [1.165, 1.54) is 0 Å². The number of anilines is 2. The molecule has 7 heteroatoms. The molecule has 1 N–H and O–H groups in total. The van der Waals surface area contributed by atoms with Gasteiger partial charge in [0, 0.05) is 31.5 Å². The van der Waals surface area contributed by atoms with E-state index in [4.69, 9.17) is 4.74 Å². The van der Waals surface area contributed by atoms with Crippen LogP contribution in [0.25, 0.3) is 0 Å². The van der Waals surface area contributed by atoms with Crippen LogP contribution in [0.1, 0.15) is 12.8 Å². The Balaban J connectivity index is 1.62. The summed E-state index contributed by atoms with van der Waals surface area (Å²) in [6.45, 7) is 1.54. The smallest absolute Gasteiger partial charge is 0.229 e. The zero-order valence-electron chi connectivity index (χ0n) is 13.0. The van der Waals surface area contributed by atoms with E-state index in [1.807, 2.05) is 0 Å². The SMILES string of the molecule is COc1ccc(NC(=O)C2CCCN(c3cnccn3)C2)cn1. The average molecular weight is 313 g/mol. The Morgan fingerprint density at radius 1 is 1.30 bits per heavy atom. The molecule has 3 rings (SSSR count). The highest BCUT2D eigenvalue weighted by atomic mass is 16.5. The summed E-state index contributed by atoms with van der Waals surface area (Å²) in [4.78, 5) is 27.1. The second-order valence-corrected chi connectivity index (χ2v) is 5.43. The van der Waals surface area contributed by atoms with E-state index in [9.17, 15) is 4.79 Å². The van der Waals surface area contributed by atoms with Gasteiger partial charge in [0.25, 0.3) is 0 Å². The maximum atomic E-state index is 12.5. The van der Waals surface area contributed by atoms with Gasteiger partial charge in [-0.15, -0.1) is 0 Å². The molecule has 120 valence electrons. The summed E-state index contributed by atoms with van der Waals surface area (Å²) in [6.07, 6.45) is 8.46. The van der Waals surface area contributed by atoms with Gasteiger partial charge in [-0.1, -0.05) is 0 Å². The third-order valence-corrected chi connectivity index (χ3v) is 3.88. The van der Waals surface area contributed by atoms with Crippen LogP contribution in [0.4, 0.5) is 11.5 Å². The first kappa shape index (κ1) is 15.2. The van der Waals surface area contributed by atoms with Gasteiger partial charge < -0.3 is 15.0 Å². The molecule has 2 aromatic rings. The van der Waals surface area contributed by atoms with E-state index in [2.05, 4.69) is 25.2 Å². The monoisotopic (exact) mass is 313 g/mol. The molecule has 0 bridgehead atoms. The van der Waals surface area contributed by atoms with Gasteiger partial charge in [0.2, 0.25) is 11.8 Å². The molecule has 1 aliphatic heterocycles. The standard InChI is InChI=1S/C16H19N5O2/c1-23-15-5-4-13(9-19-15)20-16(22)12-3-2-8-21(11-12)14-10-17-6-7-18-14/h4-7,9-10,12H,2-3,8,11H2,1H3,(H,20,22). The largest absolute Gasteiger partial charge is 0.481 e. The number of ether oxygens (including phenoxy) is 1. The minimum atomic E-state index is -0.0761. The third kappa shape index (κ3) is 3.74. The van der Waals surface area contributed by atoms with Crippen molar-refractivity contribution in [1.82, 2.24) is 15.0 Å². The lowest BCUT2D eigenvalue weighted by atomic mass is 9.97. The molecule has 0 saturated carbocycles. The lowest BCUT2D eigenvalue weighted by Crippen LogP contribution is -2.41. The fourth-order valence-corrected chi connectivity index (χ4v) is 2.67. The van der Waals surface area contributed by atoms with Crippen molar-refractivity contribution < 1.29 is 9.53 Å². The average Bonchev–Trinajstić information content (AvgIpc) is 2.63. The summed E-state index contributed by atoms with van der Waals surface area (Å²) in [5.41, 5.74) is 0.674. The van der Waals surface area contributed by atoms with Gasteiger partial charge in [0.05, 0.1) is 31.1 Å². The van der Waals surface area contributed by atoms with Crippen LogP contribution in [0.15, 0.2) is 36.9 Å². The van der Waals surface area contributed by atoms with Crippen molar-refractivity contribution in [1.29, 1.82) is 0 Å². The van der Waals surface area contributed by atoms with Gasteiger partial charge in [-0.3, -0.25) is 9.78 Å². The zero-order valence-corrected chi connectivity index (χ0v) is 13.0. The molecule has 1 saturated heterocycles. The Kier molecular flexibility index (Phi) is 4.65. The molecular formula is C16H19N5O2. The molecule has 0 aliphatic carbocycles. The fraction of sp³-hybridized carbons (Fsp3) is 0.375. The Labute approximate surface area is 134 Å². The minimum Gasteiger partial charge on any atom is -0.481 e. The molecule has 0 spiro atoms. The second kappa shape index (κ2) is 7.04. The molecule has 0 aromatic carbocycles. The van der Waals surface area contributed by atoms with E-state index in [1.54, 1.807) is 44.0 Å². The van der Waals surface area contributed by atoms with Crippen molar-refractivity contribution >= 4 is 17.4 Å². The van der Waals surface area contributed by atoms with E-state index >= 15 is 0 Å². The van der Waals surface area contributed by atoms with E-state index in [0.717, 1.165) is 25.2 Å². The number of aromatic nitrogens is 3. The first-order valence-electron chi connectivity index (χ1n) is 7.58. The lowest BCUT2D eigenvalue weighted by Gasteiger charge is -2.32. The van der Waals surface area contributed by atoms with Gasteiger partial charge >= 0.3 is 0 Å². The lowest BCUT2D eigenvalue weighted by molar-refractivity contribution is -0.120. The zero-order chi connectivity index (χ0) is 16.1. The Hall–Kier alpha value is -2.70. The maximum Gasteiger partial charge on any atom is 0.229 e. The molecule has 23 heavy (non-hydrogen) atoms. The van der Waals surface area contributed by atoms with Gasteiger partial charge in [0.15, 0.2) is 0 Å². The number of pyridine rings is 1. The van der Waals surface area contributed by atoms with E-state index < -0.39 is 0 Å². The summed E-state index contributed by atoms with van der Waals surface area (Å²) < 4.78 is 5.01. The summed E-state index contributed by atoms with van der Waals surface area (Å²) in [7, 11) is 1.56. The number of nitrogens with zero attached hydrogens (tertiary/aromatic N) is 4. The third-order valence-electron chi connectivity index (χ3n) is 3.88. The molecule has 0 radical (unpaired) electrons. The van der Waals surface area contributed by atoms with Crippen LogP contribution in [0.3, 0.4) is 0 Å². The highest BCUT2D eigenvalue weighted by molar-refractivity contribution is 5.92. The van der Waals surface area contributed by atoms with Gasteiger partial charge in [-0.2, -0.15) is 0 Å². The predicted octanol–water partition coefficient (Wildman–Crippen LogP) is 1.74. The molecule has 7 nitrogen and oxygen atoms in total. The fourth-order valence-electron chi connectivity index (χ4n) is 2.67. The summed E-state index contributed by atoms with van der Waals surface area (Å²) >= 11 is 0. The minimum absolute atomic E-state index is 0.00515. The number of nitrogens with one attached hydrogen (secondary N) is 1. The molecule has 1 unspecified atom stereocenters. The predicted molar refractivity (Wildman–Crippen MR) is 86.4 cm³/mol. The highest BCUT2D eigenvalue weighted by Crippen LogP contribution is 2.22. The van der Waals surface area contributed by atoms with Crippen molar-refractivity contribution in [2.75, 3.05) is 30.4 Å². The second-order valence-electron chi connectivity index (χ2n) is 5.43. The van der Waals surface area contributed by atoms with E-state index in [-0.39, 0.29) is 11.8 Å². The Morgan fingerprint density at radius 3 is 2.91 bits per heavy atom. The molecule has 3 heterocycles. The Bertz CT molecular complexity index is 647. The summed E-state index contributed by atoms with van der Waals surface area (Å²) in [5, 5.41) is 2.92. The van der Waals surface area contributed by atoms with Crippen molar-refractivity contribution in [2.24, 2.45) is 5.92 Å². The molecular weight excluding hydrogens is 294 g/mol. The summed E-state index contributed by atoms with van der Waals surface area (Å²) in [5.74, 6) is 1.27. The Morgan fingerprint density at radius 2 is 2.22 bits per heavy atom. The quantitative estimate of drug-likeness (QED) is 0.926. The molecule has 1 atom stereocenters. The van der Waals surface area contributed by atoms with Crippen LogP contribution >= 0.6 is 0 Å². The van der Waals surface area contributed by atoms with Gasteiger partial charge in [-0.25, -0.2) is 9.97 Å². The van der Waals surface area contributed by atoms with Crippen molar-refractivity contribution in [3.05, 3.63) is 36.9 Å². The topological polar surface area (TPSA) is 80.2 Å². The van der Waals surface area contributed by atoms with Crippen LogP contribution in [0.2, 0.25) is 0 Å². The number of carbonyl (C=O) groups excluding carboxylic acids is 1. The number of carbonyl (C=O) groups is 1. The molecule has 1 aliphatic rings.